The van der Waals surface area contributed by atoms with Crippen molar-refractivity contribution in [2.75, 3.05) is 18.4 Å². The Morgan fingerprint density at radius 2 is 1.56 bits per heavy atom. The van der Waals surface area contributed by atoms with Crippen molar-refractivity contribution in [2.45, 2.75) is 0 Å². The molecule has 1 aliphatic heterocycles. The maximum Gasteiger partial charge on any atom is 0.262 e. The lowest BCUT2D eigenvalue weighted by Gasteiger charge is -2.24. The summed E-state index contributed by atoms with van der Waals surface area (Å²) in [7, 11) is 0. The van der Waals surface area contributed by atoms with Gasteiger partial charge in [0.05, 0.1) is 0 Å². The Labute approximate surface area is 157 Å². The Bertz CT molecular complexity index is 938. The number of nitrogens with zero attached hydrogens (tertiary/aromatic N) is 1. The number of amides is 2. The molecule has 3 rings (SSSR count). The molecular weight excluding hydrogens is 340 g/mol. The van der Waals surface area contributed by atoms with Crippen LogP contribution in [0.4, 0.5) is 11.4 Å². The molecule has 6 heteroatoms. The third-order valence-electron chi connectivity index (χ3n) is 4.15. The van der Waals surface area contributed by atoms with Gasteiger partial charge in [0.2, 0.25) is 5.91 Å². The first-order valence-corrected chi connectivity index (χ1v) is 8.44. The van der Waals surface area contributed by atoms with Gasteiger partial charge in [-0.05, 0) is 18.2 Å². The maximum absolute atomic E-state index is 12.7. The number of anilines is 2. The predicted octanol–water partition coefficient (Wildman–Crippen LogP) is 2.49. The number of nitriles is 1. The number of carbonyl (C=O) groups excluding carboxylic acids is 2. The predicted molar refractivity (Wildman–Crippen MR) is 104 cm³/mol. The van der Waals surface area contributed by atoms with Crippen LogP contribution in [0, 0.1) is 11.3 Å². The third-order valence-corrected chi connectivity index (χ3v) is 4.15. The minimum Gasteiger partial charge on any atom is -0.355 e. The molecule has 134 valence electrons. The first-order chi connectivity index (χ1) is 13.2. The average molecular weight is 358 g/mol. The number of hydrogen-bond acceptors (Lipinski definition) is 4. The zero-order valence-electron chi connectivity index (χ0n) is 14.6. The number of nitrogens with one attached hydrogen (secondary N) is 3. The molecule has 1 aliphatic rings. The van der Waals surface area contributed by atoms with E-state index in [1.807, 2.05) is 48.5 Å². The van der Waals surface area contributed by atoms with Crippen molar-refractivity contribution < 1.29 is 9.59 Å². The number of carbonyl (C=O) groups is 2. The molecule has 0 fully saturated rings. The van der Waals surface area contributed by atoms with Gasteiger partial charge in [-0.25, -0.2) is 0 Å². The van der Waals surface area contributed by atoms with E-state index in [-0.39, 0.29) is 24.6 Å². The van der Waals surface area contributed by atoms with E-state index in [2.05, 4.69) is 28.6 Å². The highest BCUT2D eigenvalue weighted by Crippen LogP contribution is 2.41. The molecule has 1 heterocycles. The first-order valence-electron chi connectivity index (χ1n) is 8.44. The summed E-state index contributed by atoms with van der Waals surface area (Å²) in [5.41, 5.74) is 3.89. The second-order valence-corrected chi connectivity index (χ2v) is 5.83. The van der Waals surface area contributed by atoms with E-state index in [1.54, 1.807) is 0 Å². The van der Waals surface area contributed by atoms with E-state index in [1.165, 1.54) is 0 Å². The van der Waals surface area contributed by atoms with Gasteiger partial charge >= 0.3 is 0 Å². The van der Waals surface area contributed by atoms with Crippen LogP contribution in [0.15, 0.2) is 66.8 Å². The SMILES string of the molecule is C=CC(=O)NCCNC(=O)C(C#N)=C1c2ccccc2Nc2ccccc21. The molecule has 0 unspecified atom stereocenters. The highest BCUT2D eigenvalue weighted by atomic mass is 16.2. The second kappa shape index (κ2) is 8.02. The highest BCUT2D eigenvalue weighted by Gasteiger charge is 2.25. The molecule has 0 saturated heterocycles. The number of benzene rings is 2. The Hall–Kier alpha value is -3.85. The molecule has 0 radical (unpaired) electrons. The van der Waals surface area contributed by atoms with Crippen LogP contribution in [0.5, 0.6) is 0 Å². The van der Waals surface area contributed by atoms with E-state index < -0.39 is 5.91 Å². The lowest BCUT2D eigenvalue weighted by Crippen LogP contribution is -2.34. The molecule has 0 saturated carbocycles. The smallest absolute Gasteiger partial charge is 0.262 e. The maximum atomic E-state index is 12.7. The van der Waals surface area contributed by atoms with Gasteiger partial charge in [-0.2, -0.15) is 5.26 Å². The van der Waals surface area contributed by atoms with Crippen LogP contribution in [0.25, 0.3) is 5.57 Å². The molecule has 0 aliphatic carbocycles. The monoisotopic (exact) mass is 358 g/mol. The molecule has 3 N–H and O–H groups in total. The normalized spacial score (nSPS) is 11.1. The Morgan fingerprint density at radius 3 is 2.11 bits per heavy atom. The van der Waals surface area contributed by atoms with Crippen molar-refractivity contribution in [1.29, 1.82) is 5.26 Å². The molecule has 0 spiro atoms. The van der Waals surface area contributed by atoms with Gasteiger partial charge in [-0.1, -0.05) is 43.0 Å². The lowest BCUT2D eigenvalue weighted by atomic mass is 9.88. The van der Waals surface area contributed by atoms with Gasteiger partial charge in [0.15, 0.2) is 0 Å². The molecule has 0 atom stereocenters. The van der Waals surface area contributed by atoms with Crippen molar-refractivity contribution in [1.82, 2.24) is 10.6 Å². The molecule has 27 heavy (non-hydrogen) atoms. The minimum absolute atomic E-state index is 0.0337. The van der Waals surface area contributed by atoms with Crippen LogP contribution >= 0.6 is 0 Å². The molecule has 2 aromatic carbocycles. The van der Waals surface area contributed by atoms with Gasteiger partial charge in [0.25, 0.3) is 5.91 Å². The second-order valence-electron chi connectivity index (χ2n) is 5.83. The van der Waals surface area contributed by atoms with Crippen molar-refractivity contribution >= 4 is 28.8 Å². The van der Waals surface area contributed by atoms with E-state index in [0.717, 1.165) is 28.6 Å². The van der Waals surface area contributed by atoms with Crippen LogP contribution in [0.1, 0.15) is 11.1 Å². The van der Waals surface area contributed by atoms with Gasteiger partial charge in [-0.3, -0.25) is 9.59 Å². The molecular formula is C21H18N4O2. The quantitative estimate of drug-likeness (QED) is 0.371. The van der Waals surface area contributed by atoms with E-state index in [4.69, 9.17) is 0 Å². The fourth-order valence-electron chi connectivity index (χ4n) is 2.92. The first kappa shape index (κ1) is 18.0. The number of fused-ring (bicyclic) bond motifs is 2. The number of rotatable bonds is 5. The van der Waals surface area contributed by atoms with Crippen molar-refractivity contribution in [2.24, 2.45) is 0 Å². The summed E-state index contributed by atoms with van der Waals surface area (Å²) in [5.74, 6) is -0.795. The standard InChI is InChI=1S/C21H18N4O2/c1-2-19(26)23-11-12-24-21(27)16(13-22)20-14-7-3-5-9-17(14)25-18-10-6-4-8-15(18)20/h2-10,25H,1,11-12H2,(H,23,26)(H,24,27). The van der Waals surface area contributed by atoms with Crippen LogP contribution in [0.2, 0.25) is 0 Å². The summed E-state index contributed by atoms with van der Waals surface area (Å²) in [6.07, 6.45) is 1.16. The zero-order chi connectivity index (χ0) is 19.2. The topological polar surface area (TPSA) is 94.0 Å². The van der Waals surface area contributed by atoms with Crippen molar-refractivity contribution in [3.8, 4) is 6.07 Å². The minimum atomic E-state index is -0.480. The van der Waals surface area contributed by atoms with E-state index in [0.29, 0.717) is 5.57 Å². The summed E-state index contributed by atoms with van der Waals surface area (Å²) >= 11 is 0. The molecule has 6 nitrogen and oxygen atoms in total. The summed E-state index contributed by atoms with van der Waals surface area (Å²) < 4.78 is 0. The lowest BCUT2D eigenvalue weighted by molar-refractivity contribution is -0.118. The van der Waals surface area contributed by atoms with E-state index >= 15 is 0 Å². The summed E-state index contributed by atoms with van der Waals surface area (Å²) in [6.45, 7) is 3.82. The zero-order valence-corrected chi connectivity index (χ0v) is 14.6. The summed E-state index contributed by atoms with van der Waals surface area (Å²) in [4.78, 5) is 23.8. The fourth-order valence-corrected chi connectivity index (χ4v) is 2.92. The Kier molecular flexibility index (Phi) is 5.33. The Balaban J connectivity index is 1.94. The summed E-state index contributed by atoms with van der Waals surface area (Å²) in [6, 6.07) is 17.1. The number of para-hydroxylation sites is 2. The van der Waals surface area contributed by atoms with Crippen LogP contribution in [0.3, 0.4) is 0 Å². The number of hydrogen-bond donors (Lipinski definition) is 3. The molecule has 2 aromatic rings. The van der Waals surface area contributed by atoms with Crippen LogP contribution in [-0.4, -0.2) is 24.9 Å². The fraction of sp³-hybridized carbons (Fsp3) is 0.0952. The van der Waals surface area contributed by atoms with Crippen LogP contribution in [-0.2, 0) is 9.59 Å². The van der Waals surface area contributed by atoms with Gasteiger partial charge in [0.1, 0.15) is 11.6 Å². The molecule has 0 bridgehead atoms. The Morgan fingerprint density at radius 1 is 1.00 bits per heavy atom. The summed E-state index contributed by atoms with van der Waals surface area (Å²) in [5, 5.41) is 18.3. The highest BCUT2D eigenvalue weighted by molar-refractivity contribution is 6.12. The van der Waals surface area contributed by atoms with E-state index in [9.17, 15) is 14.9 Å². The van der Waals surface area contributed by atoms with Gasteiger partial charge < -0.3 is 16.0 Å². The van der Waals surface area contributed by atoms with Crippen molar-refractivity contribution in [3.05, 3.63) is 77.9 Å². The average Bonchev–Trinajstić information content (AvgIpc) is 2.71. The van der Waals surface area contributed by atoms with Gasteiger partial charge in [-0.15, -0.1) is 0 Å². The van der Waals surface area contributed by atoms with Crippen LogP contribution < -0.4 is 16.0 Å². The van der Waals surface area contributed by atoms with Crippen molar-refractivity contribution in [3.63, 3.8) is 0 Å². The largest absolute Gasteiger partial charge is 0.355 e. The van der Waals surface area contributed by atoms with Gasteiger partial charge in [0, 0.05) is 41.2 Å². The molecule has 0 aromatic heterocycles. The molecule has 2 amide bonds. The third kappa shape index (κ3) is 3.72.